The Labute approximate surface area is 98.9 Å². The molecule has 0 saturated heterocycles. The van der Waals surface area contributed by atoms with Gasteiger partial charge in [-0.2, -0.15) is 0 Å². The molecule has 4 heteroatoms. The lowest BCUT2D eigenvalue weighted by atomic mass is 9.97. The van der Waals surface area contributed by atoms with E-state index in [1.807, 2.05) is 13.8 Å². The van der Waals surface area contributed by atoms with E-state index in [0.29, 0.717) is 16.9 Å². The number of terminal acetylenes is 1. The van der Waals surface area contributed by atoms with E-state index >= 15 is 0 Å². The molecule has 2 N–H and O–H groups in total. The van der Waals surface area contributed by atoms with Crippen LogP contribution >= 0.6 is 0 Å². The summed E-state index contributed by atoms with van der Waals surface area (Å²) in [5, 5.41) is 0.580. The van der Waals surface area contributed by atoms with Gasteiger partial charge in [0, 0.05) is 5.39 Å². The summed E-state index contributed by atoms with van der Waals surface area (Å²) < 4.78 is 13.6. The highest BCUT2D eigenvalue weighted by Gasteiger charge is 2.15. The van der Waals surface area contributed by atoms with Crippen LogP contribution in [0.2, 0.25) is 0 Å². The SMILES string of the molecule is C#Cc1c(F)cnc2nc(N)cc(C(C)C)c12. The highest BCUT2D eigenvalue weighted by atomic mass is 19.1. The number of halogens is 1. The summed E-state index contributed by atoms with van der Waals surface area (Å²) in [6.07, 6.45) is 6.42. The fourth-order valence-corrected chi connectivity index (χ4v) is 1.82. The smallest absolute Gasteiger partial charge is 0.163 e. The Hall–Kier alpha value is -2.15. The summed E-state index contributed by atoms with van der Waals surface area (Å²) >= 11 is 0. The van der Waals surface area contributed by atoms with Crippen molar-refractivity contribution in [1.82, 2.24) is 9.97 Å². The number of hydrogen-bond acceptors (Lipinski definition) is 3. The van der Waals surface area contributed by atoms with Gasteiger partial charge in [-0.25, -0.2) is 14.4 Å². The van der Waals surface area contributed by atoms with E-state index in [-0.39, 0.29) is 11.5 Å². The third kappa shape index (κ3) is 1.80. The van der Waals surface area contributed by atoms with Crippen LogP contribution in [-0.4, -0.2) is 9.97 Å². The number of rotatable bonds is 1. The average Bonchev–Trinajstić information content (AvgIpc) is 2.28. The first-order chi connectivity index (χ1) is 8.04. The maximum atomic E-state index is 13.6. The van der Waals surface area contributed by atoms with E-state index in [4.69, 9.17) is 12.2 Å². The highest BCUT2D eigenvalue weighted by molar-refractivity contribution is 5.87. The van der Waals surface area contributed by atoms with Gasteiger partial charge in [-0.05, 0) is 17.5 Å². The summed E-state index contributed by atoms with van der Waals surface area (Å²) in [5.74, 6) is 2.38. The molecule has 0 aromatic carbocycles. The molecule has 0 atom stereocenters. The van der Waals surface area contributed by atoms with Gasteiger partial charge in [0.2, 0.25) is 0 Å². The van der Waals surface area contributed by atoms with Gasteiger partial charge in [-0.15, -0.1) is 6.42 Å². The Kier molecular flexibility index (Phi) is 2.68. The maximum Gasteiger partial charge on any atom is 0.163 e. The molecule has 0 aliphatic heterocycles. The minimum Gasteiger partial charge on any atom is -0.384 e. The number of nitrogen functional groups attached to an aromatic ring is 1. The number of aromatic nitrogens is 2. The predicted molar refractivity (Wildman–Crippen MR) is 65.9 cm³/mol. The van der Waals surface area contributed by atoms with Crippen LogP contribution < -0.4 is 5.73 Å². The molecule has 0 bridgehead atoms. The Morgan fingerprint density at radius 1 is 1.47 bits per heavy atom. The Morgan fingerprint density at radius 2 is 2.18 bits per heavy atom. The lowest BCUT2D eigenvalue weighted by molar-refractivity contribution is 0.620. The number of nitrogens with zero attached hydrogens (tertiary/aromatic N) is 2. The van der Waals surface area contributed by atoms with Crippen LogP contribution in [0, 0.1) is 18.2 Å². The lowest BCUT2D eigenvalue weighted by Crippen LogP contribution is -2.02. The first kappa shape index (κ1) is 11.3. The minimum absolute atomic E-state index is 0.165. The first-order valence-corrected chi connectivity index (χ1v) is 5.25. The van der Waals surface area contributed by atoms with Crippen LogP contribution in [0.4, 0.5) is 10.2 Å². The van der Waals surface area contributed by atoms with Gasteiger partial charge in [0.25, 0.3) is 0 Å². The molecule has 2 aromatic heterocycles. The maximum absolute atomic E-state index is 13.6. The van der Waals surface area contributed by atoms with Gasteiger partial charge >= 0.3 is 0 Å². The van der Waals surface area contributed by atoms with Gasteiger partial charge in [-0.3, -0.25) is 0 Å². The quantitative estimate of drug-likeness (QED) is 0.764. The zero-order valence-electron chi connectivity index (χ0n) is 9.66. The average molecular weight is 229 g/mol. The Morgan fingerprint density at radius 3 is 2.76 bits per heavy atom. The number of nitrogens with two attached hydrogens (primary N) is 1. The molecule has 0 aliphatic carbocycles. The van der Waals surface area contributed by atoms with Crippen molar-refractivity contribution in [2.45, 2.75) is 19.8 Å². The van der Waals surface area contributed by atoms with Crippen LogP contribution in [-0.2, 0) is 0 Å². The van der Waals surface area contributed by atoms with Gasteiger partial charge in [0.1, 0.15) is 5.82 Å². The summed E-state index contributed by atoms with van der Waals surface area (Å²) in [5.41, 5.74) is 7.16. The summed E-state index contributed by atoms with van der Waals surface area (Å²) in [6.45, 7) is 3.97. The molecule has 0 amide bonds. The molecule has 17 heavy (non-hydrogen) atoms. The van der Waals surface area contributed by atoms with Gasteiger partial charge in [-0.1, -0.05) is 19.8 Å². The van der Waals surface area contributed by atoms with Crippen LogP contribution in [0.1, 0.15) is 30.9 Å². The molecule has 86 valence electrons. The van der Waals surface area contributed by atoms with Gasteiger partial charge in [0.15, 0.2) is 11.5 Å². The second-order valence-corrected chi connectivity index (χ2v) is 4.12. The van der Waals surface area contributed by atoms with E-state index in [1.165, 1.54) is 0 Å². The Bertz CT molecular complexity index is 627. The molecular weight excluding hydrogens is 217 g/mol. The Balaban J connectivity index is 2.98. The molecule has 0 aliphatic rings. The molecule has 0 radical (unpaired) electrons. The molecule has 0 unspecified atom stereocenters. The zero-order valence-corrected chi connectivity index (χ0v) is 9.66. The van der Waals surface area contributed by atoms with E-state index in [0.717, 1.165) is 11.8 Å². The summed E-state index contributed by atoms with van der Waals surface area (Å²) in [7, 11) is 0. The van der Waals surface area contributed by atoms with Crippen molar-refractivity contribution in [1.29, 1.82) is 0 Å². The van der Waals surface area contributed by atoms with Crippen molar-refractivity contribution in [2.24, 2.45) is 0 Å². The number of pyridine rings is 2. The van der Waals surface area contributed by atoms with Crippen LogP contribution in [0.5, 0.6) is 0 Å². The van der Waals surface area contributed by atoms with Crippen LogP contribution in [0.15, 0.2) is 12.3 Å². The summed E-state index contributed by atoms with van der Waals surface area (Å²) in [6, 6.07) is 1.72. The zero-order chi connectivity index (χ0) is 12.6. The lowest BCUT2D eigenvalue weighted by Gasteiger charge is -2.12. The molecule has 2 aromatic rings. The molecule has 0 fully saturated rings. The molecule has 0 saturated carbocycles. The molecular formula is C13H12FN3. The van der Waals surface area contributed by atoms with E-state index in [9.17, 15) is 4.39 Å². The highest BCUT2D eigenvalue weighted by Crippen LogP contribution is 2.28. The third-order valence-electron chi connectivity index (χ3n) is 2.61. The molecule has 2 heterocycles. The first-order valence-electron chi connectivity index (χ1n) is 5.25. The topological polar surface area (TPSA) is 51.8 Å². The standard InChI is InChI=1S/C13H12FN3/c1-4-8-10(14)6-16-13-12(8)9(7(2)3)5-11(15)17-13/h1,5-7H,2-3H3,(H2,15,16,17). The monoisotopic (exact) mass is 229 g/mol. The van der Waals surface area contributed by atoms with Crippen molar-refractivity contribution in [3.05, 3.63) is 29.2 Å². The van der Waals surface area contributed by atoms with Crippen molar-refractivity contribution in [2.75, 3.05) is 5.73 Å². The van der Waals surface area contributed by atoms with E-state index in [1.54, 1.807) is 6.07 Å². The predicted octanol–water partition coefficient (Wildman–Crippen LogP) is 2.46. The number of fused-ring (bicyclic) bond motifs is 1. The molecule has 0 spiro atoms. The van der Waals surface area contributed by atoms with Crippen molar-refractivity contribution in [3.8, 4) is 12.3 Å². The number of anilines is 1. The van der Waals surface area contributed by atoms with Crippen LogP contribution in [0.3, 0.4) is 0 Å². The largest absolute Gasteiger partial charge is 0.384 e. The molecule has 3 nitrogen and oxygen atoms in total. The fourth-order valence-electron chi connectivity index (χ4n) is 1.82. The van der Waals surface area contributed by atoms with Gasteiger partial charge in [0.05, 0.1) is 11.8 Å². The fraction of sp³-hybridized carbons (Fsp3) is 0.231. The van der Waals surface area contributed by atoms with Crippen molar-refractivity contribution < 1.29 is 4.39 Å². The van der Waals surface area contributed by atoms with E-state index in [2.05, 4.69) is 15.9 Å². The minimum atomic E-state index is -0.506. The van der Waals surface area contributed by atoms with E-state index < -0.39 is 5.82 Å². The van der Waals surface area contributed by atoms with Gasteiger partial charge < -0.3 is 5.73 Å². The summed E-state index contributed by atoms with van der Waals surface area (Å²) in [4.78, 5) is 8.00. The second-order valence-electron chi connectivity index (χ2n) is 4.12. The third-order valence-corrected chi connectivity index (χ3v) is 2.61. The second kappa shape index (κ2) is 4.02. The van der Waals surface area contributed by atoms with Crippen molar-refractivity contribution >= 4 is 16.9 Å². The normalized spacial score (nSPS) is 10.8. The number of hydrogen-bond donors (Lipinski definition) is 1. The van der Waals surface area contributed by atoms with Crippen molar-refractivity contribution in [3.63, 3.8) is 0 Å². The van der Waals surface area contributed by atoms with Crippen LogP contribution in [0.25, 0.3) is 11.0 Å². The molecule has 2 rings (SSSR count).